The fourth-order valence-corrected chi connectivity index (χ4v) is 4.78. The highest BCUT2D eigenvalue weighted by Crippen LogP contribution is 2.39. The number of carbonyl (C=O) groups is 1. The third kappa shape index (κ3) is 6.03. The molecule has 0 fully saturated rings. The number of nitrogens with zero attached hydrogens (tertiary/aromatic N) is 3. The van der Waals surface area contributed by atoms with Crippen LogP contribution in [0.4, 0.5) is 10.8 Å². The zero-order valence-electron chi connectivity index (χ0n) is 21.2. The van der Waals surface area contributed by atoms with Gasteiger partial charge in [0, 0.05) is 17.7 Å². The molecule has 4 aromatic carbocycles. The van der Waals surface area contributed by atoms with Gasteiger partial charge in [-0.25, -0.2) is 9.78 Å². The minimum atomic E-state index is -0.663. The summed E-state index contributed by atoms with van der Waals surface area (Å²) in [5, 5.41) is 15.8. The lowest BCUT2D eigenvalue weighted by Gasteiger charge is -2.10. The lowest BCUT2D eigenvalue weighted by atomic mass is 10.1. The summed E-state index contributed by atoms with van der Waals surface area (Å²) in [6, 6.07) is 30.2. The Balaban J connectivity index is 1.31. The summed E-state index contributed by atoms with van der Waals surface area (Å²) in [5.74, 6) is -0.134. The normalized spacial score (nSPS) is 10.8. The number of aromatic nitrogens is 1. The summed E-state index contributed by atoms with van der Waals surface area (Å²) in [7, 11) is 1.46. The molecule has 9 nitrogen and oxygen atoms in total. The molecular weight excluding hydrogens is 528 g/mol. The molecule has 0 radical (unpaired) electrons. The van der Waals surface area contributed by atoms with Gasteiger partial charge in [-0.05, 0) is 41.5 Å². The molecule has 1 heterocycles. The van der Waals surface area contributed by atoms with Crippen LogP contribution in [0.25, 0.3) is 21.7 Å². The molecule has 0 bridgehead atoms. The van der Waals surface area contributed by atoms with Crippen molar-refractivity contribution in [2.45, 2.75) is 0 Å². The van der Waals surface area contributed by atoms with Crippen LogP contribution >= 0.6 is 11.3 Å². The number of thiazole rings is 1. The minimum absolute atomic E-state index is 0.114. The zero-order chi connectivity index (χ0) is 27.9. The first-order valence-electron chi connectivity index (χ1n) is 12.1. The van der Waals surface area contributed by atoms with E-state index in [1.54, 1.807) is 24.4 Å². The smallest absolute Gasteiger partial charge is 0.343 e. The van der Waals surface area contributed by atoms with Gasteiger partial charge in [-0.2, -0.15) is 5.10 Å². The van der Waals surface area contributed by atoms with E-state index in [2.05, 4.69) is 22.7 Å². The van der Waals surface area contributed by atoms with Crippen LogP contribution in [0.2, 0.25) is 0 Å². The second-order valence-corrected chi connectivity index (χ2v) is 9.40. The van der Waals surface area contributed by atoms with Crippen molar-refractivity contribution in [2.24, 2.45) is 5.10 Å². The molecule has 40 heavy (non-hydrogen) atoms. The molecule has 1 N–H and O–H groups in total. The third-order valence-corrected chi connectivity index (χ3v) is 6.80. The number of non-ortho nitro benzene ring substituents is 1. The van der Waals surface area contributed by atoms with Crippen molar-refractivity contribution in [3.05, 3.63) is 124 Å². The van der Waals surface area contributed by atoms with Gasteiger partial charge in [-0.15, -0.1) is 0 Å². The number of anilines is 1. The largest absolute Gasteiger partial charge is 0.493 e. The number of nitro benzene ring substituents is 1. The van der Waals surface area contributed by atoms with E-state index in [1.165, 1.54) is 42.7 Å². The molecular formula is C30H22N4O5S. The van der Waals surface area contributed by atoms with Crippen molar-refractivity contribution in [3.63, 3.8) is 0 Å². The van der Waals surface area contributed by atoms with Gasteiger partial charge in [0.25, 0.3) is 5.69 Å². The lowest BCUT2D eigenvalue weighted by Crippen LogP contribution is -2.09. The highest BCUT2D eigenvalue weighted by molar-refractivity contribution is 7.19. The minimum Gasteiger partial charge on any atom is -0.493 e. The first-order valence-corrected chi connectivity index (χ1v) is 12.9. The highest BCUT2D eigenvalue weighted by Gasteiger charge is 2.16. The number of carbonyl (C=O) groups excluding carboxylic acids is 1. The molecule has 0 saturated heterocycles. The first-order chi connectivity index (χ1) is 19.5. The highest BCUT2D eigenvalue weighted by atomic mass is 32.1. The van der Waals surface area contributed by atoms with Crippen LogP contribution in [-0.4, -0.2) is 29.2 Å². The van der Waals surface area contributed by atoms with Gasteiger partial charge in [-0.1, -0.05) is 72.0 Å². The monoisotopic (exact) mass is 550 g/mol. The summed E-state index contributed by atoms with van der Waals surface area (Å²) in [6.07, 6.45) is 1.61. The second kappa shape index (κ2) is 12.0. The van der Waals surface area contributed by atoms with Crippen LogP contribution in [0, 0.1) is 10.1 Å². The van der Waals surface area contributed by atoms with Crippen molar-refractivity contribution in [3.8, 4) is 33.2 Å². The van der Waals surface area contributed by atoms with Crippen LogP contribution in [0.5, 0.6) is 11.5 Å². The number of ether oxygens (including phenoxy) is 2. The molecule has 0 aliphatic heterocycles. The van der Waals surface area contributed by atoms with E-state index >= 15 is 0 Å². The maximum Gasteiger partial charge on any atom is 0.343 e. The Morgan fingerprint density at radius 2 is 1.60 bits per heavy atom. The Bertz CT molecular complexity index is 1610. The standard InChI is InChI=1S/C30H22N4O5S/c1-38-26-18-20(12-17-25(26)39-29(35)23-13-15-24(16-14-23)34(36)37)19-31-33-30-32-27(21-8-4-2-5-9-21)28(40-30)22-10-6-3-7-11-22/h2-19H,1H3,(H,32,33)/b31-19-. The third-order valence-electron chi connectivity index (χ3n) is 5.79. The van der Waals surface area contributed by atoms with Crippen LogP contribution in [0.15, 0.2) is 108 Å². The quantitative estimate of drug-likeness (QED) is 0.0687. The number of methoxy groups -OCH3 is 1. The number of nitro groups is 1. The maximum absolute atomic E-state index is 12.5. The Labute approximate surface area is 233 Å². The molecule has 1 aromatic heterocycles. The van der Waals surface area contributed by atoms with Crippen molar-refractivity contribution >= 4 is 34.3 Å². The van der Waals surface area contributed by atoms with Gasteiger partial charge in [0.1, 0.15) is 0 Å². The van der Waals surface area contributed by atoms with Crippen LogP contribution in [0.3, 0.4) is 0 Å². The summed E-state index contributed by atoms with van der Waals surface area (Å²) >= 11 is 1.50. The Kier molecular flexibility index (Phi) is 7.89. The number of benzene rings is 4. The van der Waals surface area contributed by atoms with Gasteiger partial charge in [0.15, 0.2) is 11.5 Å². The molecule has 5 rings (SSSR count). The fourth-order valence-electron chi connectivity index (χ4n) is 3.83. The molecule has 0 aliphatic carbocycles. The molecule has 0 amide bonds. The van der Waals surface area contributed by atoms with Crippen LogP contribution < -0.4 is 14.9 Å². The Hall–Kier alpha value is -5.35. The van der Waals surface area contributed by atoms with Gasteiger partial charge >= 0.3 is 5.97 Å². The average molecular weight is 551 g/mol. The first kappa shape index (κ1) is 26.3. The molecule has 0 spiro atoms. The fraction of sp³-hybridized carbons (Fsp3) is 0.0333. The predicted molar refractivity (Wildman–Crippen MR) is 155 cm³/mol. The molecule has 0 unspecified atom stereocenters. The number of rotatable bonds is 9. The number of esters is 1. The molecule has 198 valence electrons. The van der Waals surface area contributed by atoms with Crippen molar-refractivity contribution in [1.82, 2.24) is 4.98 Å². The van der Waals surface area contributed by atoms with Gasteiger partial charge in [0.2, 0.25) is 5.13 Å². The van der Waals surface area contributed by atoms with Gasteiger partial charge < -0.3 is 9.47 Å². The summed E-state index contributed by atoms with van der Waals surface area (Å²) in [5.41, 5.74) is 6.73. The molecule has 10 heteroatoms. The maximum atomic E-state index is 12.5. The Morgan fingerprint density at radius 1 is 0.925 bits per heavy atom. The van der Waals surface area contributed by atoms with E-state index in [1.807, 2.05) is 48.5 Å². The van der Waals surface area contributed by atoms with E-state index in [9.17, 15) is 14.9 Å². The number of hydrogen-bond donors (Lipinski definition) is 1. The van der Waals surface area contributed by atoms with E-state index in [-0.39, 0.29) is 17.0 Å². The molecule has 5 aromatic rings. The van der Waals surface area contributed by atoms with E-state index in [0.29, 0.717) is 16.4 Å². The Morgan fingerprint density at radius 3 is 2.25 bits per heavy atom. The summed E-state index contributed by atoms with van der Waals surface area (Å²) in [4.78, 5) is 28.6. The van der Waals surface area contributed by atoms with Crippen LogP contribution in [-0.2, 0) is 0 Å². The van der Waals surface area contributed by atoms with E-state index < -0.39 is 10.9 Å². The predicted octanol–water partition coefficient (Wildman–Crippen LogP) is 7.06. The van der Waals surface area contributed by atoms with Crippen molar-refractivity contribution < 1.29 is 19.2 Å². The van der Waals surface area contributed by atoms with Gasteiger partial charge in [-0.3, -0.25) is 15.5 Å². The lowest BCUT2D eigenvalue weighted by molar-refractivity contribution is -0.384. The topological polar surface area (TPSA) is 116 Å². The van der Waals surface area contributed by atoms with Gasteiger partial charge in [0.05, 0.1) is 34.4 Å². The van der Waals surface area contributed by atoms with Crippen molar-refractivity contribution in [2.75, 3.05) is 12.5 Å². The molecule has 0 saturated carbocycles. The second-order valence-electron chi connectivity index (χ2n) is 8.40. The number of hydrazone groups is 1. The van der Waals surface area contributed by atoms with E-state index in [0.717, 1.165) is 21.7 Å². The van der Waals surface area contributed by atoms with E-state index in [4.69, 9.17) is 14.5 Å². The number of hydrogen-bond acceptors (Lipinski definition) is 9. The SMILES string of the molecule is COc1cc(/C=N\Nc2nc(-c3ccccc3)c(-c3ccccc3)s2)ccc1OC(=O)c1ccc([N+](=O)[O-])cc1. The summed E-state index contributed by atoms with van der Waals surface area (Å²) in [6.45, 7) is 0. The number of nitrogens with one attached hydrogen (secondary N) is 1. The average Bonchev–Trinajstić information content (AvgIpc) is 3.43. The van der Waals surface area contributed by atoms with Crippen molar-refractivity contribution in [1.29, 1.82) is 0 Å². The van der Waals surface area contributed by atoms with Crippen LogP contribution in [0.1, 0.15) is 15.9 Å². The molecule has 0 aliphatic rings. The zero-order valence-corrected chi connectivity index (χ0v) is 22.0. The molecule has 0 atom stereocenters. The summed E-state index contributed by atoms with van der Waals surface area (Å²) < 4.78 is 10.8.